The minimum absolute atomic E-state index is 0.0103. The zero-order valence-electron chi connectivity index (χ0n) is 12.5. The van der Waals surface area contributed by atoms with Gasteiger partial charge < -0.3 is 10.2 Å². The average molecular weight is 313 g/mol. The van der Waals surface area contributed by atoms with Crippen LogP contribution in [0.5, 0.6) is 0 Å². The molecule has 116 valence electrons. The van der Waals surface area contributed by atoms with Crippen LogP contribution in [0, 0.1) is 5.82 Å². The molecule has 1 amide bonds. The molecule has 21 heavy (non-hydrogen) atoms. The van der Waals surface area contributed by atoms with Gasteiger partial charge in [0.2, 0.25) is 5.91 Å². The van der Waals surface area contributed by atoms with E-state index in [1.807, 2.05) is 18.7 Å². The van der Waals surface area contributed by atoms with Crippen LogP contribution in [0.25, 0.3) is 0 Å². The number of carbonyl (C=O) groups is 1. The molecule has 0 bridgehead atoms. The van der Waals surface area contributed by atoms with Crippen LogP contribution >= 0.6 is 11.6 Å². The van der Waals surface area contributed by atoms with Gasteiger partial charge in [0.05, 0.1) is 6.42 Å². The second-order valence-corrected chi connectivity index (χ2v) is 6.22. The van der Waals surface area contributed by atoms with Crippen molar-refractivity contribution in [1.29, 1.82) is 0 Å². The average Bonchev–Trinajstić information content (AvgIpc) is 2.93. The second kappa shape index (κ2) is 7.23. The minimum atomic E-state index is -0.418. The fourth-order valence-corrected chi connectivity index (χ4v) is 2.93. The number of carbonyl (C=O) groups excluding carboxylic acids is 1. The lowest BCUT2D eigenvalue weighted by Gasteiger charge is -2.30. The Morgan fingerprint density at radius 1 is 1.52 bits per heavy atom. The molecule has 1 saturated heterocycles. The van der Waals surface area contributed by atoms with E-state index < -0.39 is 5.82 Å². The molecule has 0 radical (unpaired) electrons. The predicted octanol–water partition coefficient (Wildman–Crippen LogP) is 3.01. The molecule has 1 atom stereocenters. The largest absolute Gasteiger partial charge is 0.338 e. The molecule has 1 heterocycles. The zero-order chi connectivity index (χ0) is 15.4. The quantitative estimate of drug-likeness (QED) is 0.906. The van der Waals surface area contributed by atoms with Crippen molar-refractivity contribution >= 4 is 17.5 Å². The van der Waals surface area contributed by atoms with Gasteiger partial charge in [0.25, 0.3) is 0 Å². The summed E-state index contributed by atoms with van der Waals surface area (Å²) in [5.74, 6) is -0.496. The molecule has 0 saturated carbocycles. The van der Waals surface area contributed by atoms with E-state index in [-0.39, 0.29) is 23.9 Å². The summed E-state index contributed by atoms with van der Waals surface area (Å²) in [4.78, 5) is 14.3. The highest BCUT2D eigenvalue weighted by Crippen LogP contribution is 2.21. The van der Waals surface area contributed by atoms with Gasteiger partial charge in [0.1, 0.15) is 5.82 Å². The highest BCUT2D eigenvalue weighted by Gasteiger charge is 2.24. The molecule has 5 heteroatoms. The van der Waals surface area contributed by atoms with Crippen LogP contribution in [0.1, 0.15) is 32.3 Å². The van der Waals surface area contributed by atoms with E-state index in [2.05, 4.69) is 5.32 Å². The van der Waals surface area contributed by atoms with Crippen LogP contribution in [-0.2, 0) is 11.2 Å². The molecule has 1 aliphatic rings. The Labute approximate surface area is 130 Å². The van der Waals surface area contributed by atoms with E-state index >= 15 is 0 Å². The molecule has 0 spiro atoms. The topological polar surface area (TPSA) is 32.3 Å². The van der Waals surface area contributed by atoms with E-state index in [9.17, 15) is 9.18 Å². The molecule has 1 aliphatic heterocycles. The van der Waals surface area contributed by atoms with Crippen LogP contribution < -0.4 is 5.32 Å². The third-order valence-electron chi connectivity index (χ3n) is 3.91. The second-order valence-electron chi connectivity index (χ2n) is 5.81. The van der Waals surface area contributed by atoms with Crippen molar-refractivity contribution in [2.45, 2.75) is 45.2 Å². The number of rotatable bonds is 5. The molecule has 1 unspecified atom stereocenters. The number of halogens is 2. The van der Waals surface area contributed by atoms with E-state index in [1.165, 1.54) is 6.07 Å². The van der Waals surface area contributed by atoms with Crippen LogP contribution in [-0.4, -0.2) is 36.0 Å². The Balaban J connectivity index is 2.07. The minimum Gasteiger partial charge on any atom is -0.338 e. The Morgan fingerprint density at radius 2 is 2.29 bits per heavy atom. The van der Waals surface area contributed by atoms with Gasteiger partial charge in [-0.05, 0) is 45.4 Å². The summed E-state index contributed by atoms with van der Waals surface area (Å²) in [6.07, 6.45) is 2.23. The number of nitrogens with one attached hydrogen (secondary N) is 1. The predicted molar refractivity (Wildman–Crippen MR) is 83.0 cm³/mol. The number of amides is 1. The zero-order valence-corrected chi connectivity index (χ0v) is 13.3. The van der Waals surface area contributed by atoms with Crippen LogP contribution in [0.2, 0.25) is 5.02 Å². The molecule has 1 N–H and O–H groups in total. The van der Waals surface area contributed by atoms with Gasteiger partial charge in [-0.3, -0.25) is 4.79 Å². The number of hydrogen-bond acceptors (Lipinski definition) is 2. The van der Waals surface area contributed by atoms with Gasteiger partial charge in [-0.25, -0.2) is 4.39 Å². The molecule has 2 rings (SSSR count). The highest BCUT2D eigenvalue weighted by molar-refractivity contribution is 6.31. The molecule has 0 aliphatic carbocycles. The summed E-state index contributed by atoms with van der Waals surface area (Å²) >= 11 is 6.01. The smallest absolute Gasteiger partial charge is 0.227 e. The Hall–Kier alpha value is -1.13. The van der Waals surface area contributed by atoms with E-state index in [0.717, 1.165) is 19.4 Å². The number of hydrogen-bond donors (Lipinski definition) is 1. The first kappa shape index (κ1) is 16.2. The molecular weight excluding hydrogens is 291 g/mol. The number of benzene rings is 1. The lowest BCUT2D eigenvalue weighted by Crippen LogP contribution is -2.45. The maximum atomic E-state index is 13.8. The Bertz CT molecular complexity index is 481. The summed E-state index contributed by atoms with van der Waals surface area (Å²) < 4.78 is 13.8. The van der Waals surface area contributed by atoms with Crippen molar-refractivity contribution in [3.63, 3.8) is 0 Å². The molecular formula is C16H22ClFN2O. The third kappa shape index (κ3) is 4.17. The van der Waals surface area contributed by atoms with Gasteiger partial charge in [0.15, 0.2) is 0 Å². The normalized spacial score (nSPS) is 18.2. The first-order chi connectivity index (χ1) is 9.99. The summed E-state index contributed by atoms with van der Waals surface area (Å²) in [5.41, 5.74) is 0.286. The molecule has 0 aromatic heterocycles. The van der Waals surface area contributed by atoms with Gasteiger partial charge in [-0.15, -0.1) is 0 Å². The molecule has 3 nitrogen and oxygen atoms in total. The summed E-state index contributed by atoms with van der Waals surface area (Å²) in [6.45, 7) is 5.64. The van der Waals surface area contributed by atoms with Gasteiger partial charge in [-0.1, -0.05) is 17.7 Å². The third-order valence-corrected chi connectivity index (χ3v) is 4.27. The standard InChI is InChI=1S/C16H22ClFN2O/c1-11(2)20(10-12-5-4-8-19-12)16(21)9-13-14(17)6-3-7-15(13)18/h3,6-7,11-12,19H,4-5,8-10H2,1-2H3. The first-order valence-corrected chi connectivity index (χ1v) is 7.82. The van der Waals surface area contributed by atoms with Gasteiger partial charge >= 0.3 is 0 Å². The molecule has 1 fully saturated rings. The lowest BCUT2D eigenvalue weighted by molar-refractivity contribution is -0.132. The monoisotopic (exact) mass is 312 g/mol. The van der Waals surface area contributed by atoms with Gasteiger partial charge in [-0.2, -0.15) is 0 Å². The molecule has 1 aromatic carbocycles. The van der Waals surface area contributed by atoms with Crippen molar-refractivity contribution in [3.05, 3.63) is 34.6 Å². The van der Waals surface area contributed by atoms with Gasteiger partial charge in [0, 0.05) is 29.2 Å². The van der Waals surface area contributed by atoms with Crippen molar-refractivity contribution in [2.24, 2.45) is 0 Å². The fraction of sp³-hybridized carbons (Fsp3) is 0.562. The highest BCUT2D eigenvalue weighted by atomic mass is 35.5. The maximum absolute atomic E-state index is 13.8. The van der Waals surface area contributed by atoms with Crippen LogP contribution in [0.3, 0.4) is 0 Å². The summed E-state index contributed by atoms with van der Waals surface area (Å²) in [5, 5.41) is 3.70. The van der Waals surface area contributed by atoms with E-state index in [4.69, 9.17) is 11.6 Å². The first-order valence-electron chi connectivity index (χ1n) is 7.44. The Morgan fingerprint density at radius 3 is 2.86 bits per heavy atom. The summed E-state index contributed by atoms with van der Waals surface area (Å²) in [6, 6.07) is 4.94. The van der Waals surface area contributed by atoms with E-state index in [1.54, 1.807) is 12.1 Å². The van der Waals surface area contributed by atoms with Crippen molar-refractivity contribution in [1.82, 2.24) is 10.2 Å². The SMILES string of the molecule is CC(C)N(CC1CCCN1)C(=O)Cc1c(F)cccc1Cl. The van der Waals surface area contributed by atoms with Crippen LogP contribution in [0.4, 0.5) is 4.39 Å². The fourth-order valence-electron chi connectivity index (χ4n) is 2.70. The lowest BCUT2D eigenvalue weighted by atomic mass is 10.1. The maximum Gasteiger partial charge on any atom is 0.227 e. The van der Waals surface area contributed by atoms with E-state index in [0.29, 0.717) is 17.6 Å². The van der Waals surface area contributed by atoms with Crippen molar-refractivity contribution in [3.8, 4) is 0 Å². The van der Waals surface area contributed by atoms with Crippen molar-refractivity contribution < 1.29 is 9.18 Å². The Kier molecular flexibility index (Phi) is 5.59. The summed E-state index contributed by atoms with van der Waals surface area (Å²) in [7, 11) is 0. The van der Waals surface area contributed by atoms with Crippen molar-refractivity contribution in [2.75, 3.05) is 13.1 Å². The number of nitrogens with zero attached hydrogens (tertiary/aromatic N) is 1. The molecule has 1 aromatic rings. The van der Waals surface area contributed by atoms with Crippen LogP contribution in [0.15, 0.2) is 18.2 Å².